The minimum Gasteiger partial charge on any atom is -0.473 e. The van der Waals surface area contributed by atoms with Crippen LogP contribution in [0.2, 0.25) is 0 Å². The number of hydrogen-bond donors (Lipinski definition) is 2. The van der Waals surface area contributed by atoms with E-state index in [1.165, 1.54) is 0 Å². The summed E-state index contributed by atoms with van der Waals surface area (Å²) in [4.78, 5) is 9.25. The molecule has 1 aliphatic rings. The van der Waals surface area contributed by atoms with Crippen molar-refractivity contribution in [2.45, 2.75) is 20.0 Å². The van der Waals surface area contributed by atoms with Crippen molar-refractivity contribution in [2.75, 3.05) is 57.4 Å². The van der Waals surface area contributed by atoms with E-state index in [0.717, 1.165) is 45.1 Å². The minimum atomic E-state index is 0.0698. The lowest BCUT2D eigenvalue weighted by atomic mass is 10.3. The fraction of sp³-hybridized carbons (Fsp3) is 0.667. The smallest absolute Gasteiger partial charge is 0.239 e. The van der Waals surface area contributed by atoms with Crippen LogP contribution in [0.1, 0.15) is 13.8 Å². The number of rotatable bonds is 6. The summed E-state index contributed by atoms with van der Waals surface area (Å²) in [7, 11) is 2.17. The number of hydrogen-bond acceptors (Lipinski definition) is 6. The molecule has 0 aromatic carbocycles. The van der Waals surface area contributed by atoms with Crippen molar-refractivity contribution >= 4 is 11.5 Å². The number of piperazine rings is 1. The molecule has 0 radical (unpaired) electrons. The van der Waals surface area contributed by atoms with Gasteiger partial charge < -0.3 is 20.7 Å². The van der Waals surface area contributed by atoms with E-state index in [1.54, 1.807) is 0 Å². The molecule has 3 N–H and O–H groups in total. The Kier molecular flexibility index (Phi) is 5.64. The fourth-order valence-electron chi connectivity index (χ4n) is 2.28. The SMILES string of the molecule is CC(C)Oc1nc(NCCN2CCN(C)CC2)ccc1N. The van der Waals surface area contributed by atoms with E-state index in [2.05, 4.69) is 27.1 Å². The van der Waals surface area contributed by atoms with Gasteiger partial charge >= 0.3 is 0 Å². The van der Waals surface area contributed by atoms with E-state index in [4.69, 9.17) is 10.5 Å². The molecule has 21 heavy (non-hydrogen) atoms. The van der Waals surface area contributed by atoms with E-state index in [9.17, 15) is 0 Å². The second kappa shape index (κ2) is 7.47. The summed E-state index contributed by atoms with van der Waals surface area (Å²) in [6.07, 6.45) is 0.0698. The number of aromatic nitrogens is 1. The first-order chi connectivity index (χ1) is 10.0. The van der Waals surface area contributed by atoms with Crippen LogP contribution in [0.25, 0.3) is 0 Å². The Hall–Kier alpha value is -1.53. The zero-order valence-electron chi connectivity index (χ0n) is 13.3. The molecule has 1 aromatic rings. The number of likely N-dealkylation sites (N-methyl/N-ethyl adjacent to an activating group) is 1. The van der Waals surface area contributed by atoms with Gasteiger partial charge in [0.25, 0.3) is 0 Å². The summed E-state index contributed by atoms with van der Waals surface area (Å²) >= 11 is 0. The molecule has 0 unspecified atom stereocenters. The molecule has 0 amide bonds. The summed E-state index contributed by atoms with van der Waals surface area (Å²) in [5, 5.41) is 3.34. The van der Waals surface area contributed by atoms with Crippen molar-refractivity contribution in [1.82, 2.24) is 14.8 Å². The third-order valence-corrected chi connectivity index (χ3v) is 3.57. The molecule has 0 atom stereocenters. The Bertz CT molecular complexity index is 444. The zero-order valence-corrected chi connectivity index (χ0v) is 13.3. The molecule has 118 valence electrons. The summed E-state index contributed by atoms with van der Waals surface area (Å²) in [6, 6.07) is 3.73. The molecule has 6 nitrogen and oxygen atoms in total. The number of nitrogens with two attached hydrogens (primary N) is 1. The predicted octanol–water partition coefficient (Wildman–Crippen LogP) is 1.11. The molecule has 2 rings (SSSR count). The van der Waals surface area contributed by atoms with Gasteiger partial charge in [-0.25, -0.2) is 0 Å². The normalized spacial score (nSPS) is 17.1. The van der Waals surface area contributed by atoms with Crippen LogP contribution in [-0.2, 0) is 0 Å². The van der Waals surface area contributed by atoms with E-state index >= 15 is 0 Å². The van der Waals surface area contributed by atoms with Gasteiger partial charge in [-0.05, 0) is 33.0 Å². The third-order valence-electron chi connectivity index (χ3n) is 3.57. The van der Waals surface area contributed by atoms with Gasteiger partial charge in [0, 0.05) is 39.3 Å². The lowest BCUT2D eigenvalue weighted by molar-refractivity contribution is 0.158. The number of nitrogens with zero attached hydrogens (tertiary/aromatic N) is 3. The highest BCUT2D eigenvalue weighted by Crippen LogP contribution is 2.21. The summed E-state index contributed by atoms with van der Waals surface area (Å²) < 4.78 is 5.60. The number of nitrogen functional groups attached to an aromatic ring is 1. The van der Waals surface area contributed by atoms with Crippen LogP contribution in [0.15, 0.2) is 12.1 Å². The summed E-state index contributed by atoms with van der Waals surface area (Å²) in [5.41, 5.74) is 6.45. The second-order valence-electron chi connectivity index (χ2n) is 5.83. The predicted molar refractivity (Wildman–Crippen MR) is 86.8 cm³/mol. The monoisotopic (exact) mass is 293 g/mol. The fourth-order valence-corrected chi connectivity index (χ4v) is 2.28. The van der Waals surface area contributed by atoms with Gasteiger partial charge in [-0.15, -0.1) is 0 Å². The highest BCUT2D eigenvalue weighted by molar-refractivity contribution is 5.53. The van der Waals surface area contributed by atoms with E-state index < -0.39 is 0 Å². The van der Waals surface area contributed by atoms with E-state index in [-0.39, 0.29) is 6.10 Å². The second-order valence-corrected chi connectivity index (χ2v) is 5.83. The van der Waals surface area contributed by atoms with Crippen molar-refractivity contribution < 1.29 is 4.74 Å². The first kappa shape index (κ1) is 15.9. The van der Waals surface area contributed by atoms with Crippen molar-refractivity contribution in [2.24, 2.45) is 0 Å². The molecule has 0 spiro atoms. The van der Waals surface area contributed by atoms with Gasteiger partial charge in [0.2, 0.25) is 5.88 Å². The van der Waals surface area contributed by atoms with Gasteiger partial charge in [0.15, 0.2) is 0 Å². The van der Waals surface area contributed by atoms with E-state index in [0.29, 0.717) is 11.6 Å². The standard InChI is InChI=1S/C15H27N5O/c1-12(2)21-15-13(16)4-5-14(18-15)17-6-7-20-10-8-19(3)9-11-20/h4-5,12H,6-11,16H2,1-3H3,(H,17,18). The van der Waals surface area contributed by atoms with Crippen LogP contribution in [0.4, 0.5) is 11.5 Å². The number of nitrogens with one attached hydrogen (secondary N) is 1. The van der Waals surface area contributed by atoms with Crippen LogP contribution in [0, 0.1) is 0 Å². The maximum Gasteiger partial charge on any atom is 0.239 e. The highest BCUT2D eigenvalue weighted by atomic mass is 16.5. The molecule has 1 aliphatic heterocycles. The molecule has 1 fully saturated rings. The van der Waals surface area contributed by atoms with Gasteiger partial charge in [-0.2, -0.15) is 4.98 Å². The Morgan fingerprint density at radius 3 is 2.67 bits per heavy atom. The lowest BCUT2D eigenvalue weighted by Gasteiger charge is -2.32. The van der Waals surface area contributed by atoms with Crippen LogP contribution in [0.3, 0.4) is 0 Å². The maximum atomic E-state index is 5.87. The van der Waals surface area contributed by atoms with Crippen LogP contribution >= 0.6 is 0 Å². The molecular weight excluding hydrogens is 266 g/mol. The average Bonchev–Trinajstić information content (AvgIpc) is 2.44. The quantitative estimate of drug-likeness (QED) is 0.819. The number of anilines is 2. The van der Waals surface area contributed by atoms with Crippen LogP contribution < -0.4 is 15.8 Å². The topological polar surface area (TPSA) is 66.7 Å². The molecular formula is C15H27N5O. The molecule has 0 bridgehead atoms. The lowest BCUT2D eigenvalue weighted by Crippen LogP contribution is -2.45. The van der Waals surface area contributed by atoms with Crippen molar-refractivity contribution in [3.05, 3.63) is 12.1 Å². The van der Waals surface area contributed by atoms with Gasteiger partial charge in [0.05, 0.1) is 11.8 Å². The molecule has 1 saturated heterocycles. The molecule has 6 heteroatoms. The molecule has 2 heterocycles. The summed E-state index contributed by atoms with van der Waals surface area (Å²) in [5.74, 6) is 1.32. The first-order valence-electron chi connectivity index (χ1n) is 7.62. The Labute approximate surface area is 127 Å². The van der Waals surface area contributed by atoms with E-state index in [1.807, 2.05) is 26.0 Å². The number of ether oxygens (including phenoxy) is 1. The van der Waals surface area contributed by atoms with Crippen molar-refractivity contribution in [3.8, 4) is 5.88 Å². The Morgan fingerprint density at radius 1 is 1.29 bits per heavy atom. The molecule has 0 aliphatic carbocycles. The van der Waals surface area contributed by atoms with Crippen LogP contribution in [0.5, 0.6) is 5.88 Å². The molecule has 0 saturated carbocycles. The van der Waals surface area contributed by atoms with Crippen molar-refractivity contribution in [3.63, 3.8) is 0 Å². The minimum absolute atomic E-state index is 0.0698. The Morgan fingerprint density at radius 2 is 2.00 bits per heavy atom. The zero-order chi connectivity index (χ0) is 15.2. The Balaban J connectivity index is 1.80. The first-order valence-corrected chi connectivity index (χ1v) is 7.62. The maximum absolute atomic E-state index is 5.87. The summed E-state index contributed by atoms with van der Waals surface area (Å²) in [6.45, 7) is 10.4. The van der Waals surface area contributed by atoms with Crippen LogP contribution in [-0.4, -0.2) is 67.2 Å². The number of pyridine rings is 1. The highest BCUT2D eigenvalue weighted by Gasteiger charge is 2.13. The average molecular weight is 293 g/mol. The van der Waals surface area contributed by atoms with Gasteiger partial charge in [-0.1, -0.05) is 0 Å². The third kappa shape index (κ3) is 5.06. The van der Waals surface area contributed by atoms with Gasteiger partial charge in [-0.3, -0.25) is 4.90 Å². The van der Waals surface area contributed by atoms with Gasteiger partial charge in [0.1, 0.15) is 5.82 Å². The van der Waals surface area contributed by atoms with Crippen molar-refractivity contribution in [1.29, 1.82) is 0 Å². The largest absolute Gasteiger partial charge is 0.473 e. The molecule has 1 aromatic heterocycles.